The molecule has 20 heavy (non-hydrogen) atoms. The zero-order chi connectivity index (χ0) is 13.9. The number of likely N-dealkylation sites (tertiary alicyclic amines) is 1. The maximum absolute atomic E-state index is 5.93. The molecule has 3 rings (SSSR count). The first-order chi connectivity index (χ1) is 9.76. The highest BCUT2D eigenvalue weighted by atomic mass is 35.5. The lowest BCUT2D eigenvalue weighted by molar-refractivity contribution is 0.222. The van der Waals surface area contributed by atoms with Crippen LogP contribution in [0, 0.1) is 0 Å². The quantitative estimate of drug-likeness (QED) is 0.819. The lowest BCUT2D eigenvalue weighted by Crippen LogP contribution is -2.32. The first kappa shape index (κ1) is 14.1. The highest BCUT2D eigenvalue weighted by molar-refractivity contribution is 7.10. The van der Waals surface area contributed by atoms with E-state index in [1.807, 2.05) is 24.3 Å². The van der Waals surface area contributed by atoms with E-state index in [0.717, 1.165) is 16.3 Å². The Bertz CT molecular complexity index is 556. The van der Waals surface area contributed by atoms with Crippen LogP contribution in [-0.4, -0.2) is 29.5 Å². The van der Waals surface area contributed by atoms with E-state index in [0.29, 0.717) is 5.92 Å². The van der Waals surface area contributed by atoms with Crippen molar-refractivity contribution >= 4 is 22.9 Å². The van der Waals surface area contributed by atoms with Crippen molar-refractivity contribution in [3.63, 3.8) is 0 Å². The molecule has 1 aliphatic rings. The summed E-state index contributed by atoms with van der Waals surface area (Å²) in [6.45, 7) is 5.82. The maximum Gasteiger partial charge on any atom is 0.0964 e. The monoisotopic (exact) mass is 306 g/mol. The molecule has 1 aromatic carbocycles. The second-order valence-corrected chi connectivity index (χ2v) is 6.61. The topological polar surface area (TPSA) is 16.1 Å². The molecule has 0 bridgehead atoms. The van der Waals surface area contributed by atoms with Gasteiger partial charge in [0.2, 0.25) is 0 Å². The molecule has 0 N–H and O–H groups in total. The molecule has 0 atom stereocenters. The molecular formula is C16H19ClN2S. The van der Waals surface area contributed by atoms with Crippen molar-refractivity contribution in [2.45, 2.75) is 25.7 Å². The Labute approximate surface area is 129 Å². The van der Waals surface area contributed by atoms with Crippen LogP contribution in [0.1, 0.15) is 30.7 Å². The van der Waals surface area contributed by atoms with Gasteiger partial charge in [-0.15, -0.1) is 11.3 Å². The van der Waals surface area contributed by atoms with E-state index in [9.17, 15) is 0 Å². The summed E-state index contributed by atoms with van der Waals surface area (Å²) in [7, 11) is 0. The van der Waals surface area contributed by atoms with Crippen LogP contribution in [-0.2, 0) is 0 Å². The summed E-state index contributed by atoms with van der Waals surface area (Å²) in [4.78, 5) is 7.36. The van der Waals surface area contributed by atoms with Crippen LogP contribution < -0.4 is 0 Å². The van der Waals surface area contributed by atoms with Crippen molar-refractivity contribution < 1.29 is 0 Å². The molecule has 0 unspecified atom stereocenters. The van der Waals surface area contributed by atoms with Crippen molar-refractivity contribution in [3.05, 3.63) is 39.7 Å². The molecule has 1 fully saturated rings. The predicted octanol–water partition coefficient (Wildman–Crippen LogP) is 4.66. The third-order valence-corrected chi connectivity index (χ3v) is 5.31. The summed E-state index contributed by atoms with van der Waals surface area (Å²) < 4.78 is 0. The minimum atomic E-state index is 0.642. The average Bonchev–Trinajstić information content (AvgIpc) is 2.98. The molecular weight excluding hydrogens is 288 g/mol. The zero-order valence-corrected chi connectivity index (χ0v) is 13.3. The van der Waals surface area contributed by atoms with Gasteiger partial charge >= 0.3 is 0 Å². The van der Waals surface area contributed by atoms with Crippen molar-refractivity contribution in [2.75, 3.05) is 19.6 Å². The molecule has 1 aliphatic heterocycles. The number of aromatic nitrogens is 1. The van der Waals surface area contributed by atoms with Gasteiger partial charge in [0.15, 0.2) is 0 Å². The fourth-order valence-electron chi connectivity index (χ4n) is 2.72. The van der Waals surface area contributed by atoms with Gasteiger partial charge in [-0.2, -0.15) is 0 Å². The van der Waals surface area contributed by atoms with Crippen LogP contribution in [0.4, 0.5) is 0 Å². The molecule has 106 valence electrons. The fraction of sp³-hybridized carbons (Fsp3) is 0.438. The Balaban J connectivity index is 1.72. The maximum atomic E-state index is 5.93. The van der Waals surface area contributed by atoms with Gasteiger partial charge in [-0.25, -0.2) is 4.98 Å². The van der Waals surface area contributed by atoms with E-state index in [2.05, 4.69) is 17.2 Å². The molecule has 0 saturated carbocycles. The van der Waals surface area contributed by atoms with E-state index < -0.39 is 0 Å². The third kappa shape index (κ3) is 3.05. The van der Waals surface area contributed by atoms with Gasteiger partial charge in [-0.1, -0.05) is 30.7 Å². The van der Waals surface area contributed by atoms with E-state index in [4.69, 9.17) is 16.6 Å². The fourth-order valence-corrected chi connectivity index (χ4v) is 3.85. The molecule has 2 aromatic rings. The van der Waals surface area contributed by atoms with Gasteiger partial charge in [-0.3, -0.25) is 0 Å². The molecule has 0 radical (unpaired) electrons. The number of thiazole rings is 1. The van der Waals surface area contributed by atoms with Crippen LogP contribution in [0.3, 0.4) is 0 Å². The Morgan fingerprint density at radius 2 is 1.95 bits per heavy atom. The molecule has 0 amide bonds. The van der Waals surface area contributed by atoms with Crippen molar-refractivity contribution in [1.29, 1.82) is 0 Å². The molecule has 0 spiro atoms. The predicted molar refractivity (Wildman–Crippen MR) is 86.6 cm³/mol. The van der Waals surface area contributed by atoms with E-state index >= 15 is 0 Å². The Kier molecular flexibility index (Phi) is 4.39. The summed E-state index contributed by atoms with van der Waals surface area (Å²) in [6, 6.07) is 7.94. The smallest absolute Gasteiger partial charge is 0.0964 e. The Hall–Kier alpha value is -0.900. The number of rotatable bonds is 3. The molecule has 2 heterocycles. The molecule has 4 heteroatoms. The minimum Gasteiger partial charge on any atom is -0.304 e. The number of hydrogen-bond donors (Lipinski definition) is 0. The summed E-state index contributed by atoms with van der Waals surface area (Å²) in [6.07, 6.45) is 2.48. The first-order valence-electron chi connectivity index (χ1n) is 7.20. The summed E-state index contributed by atoms with van der Waals surface area (Å²) in [5.41, 5.74) is 2.24. The summed E-state index contributed by atoms with van der Waals surface area (Å²) in [5.74, 6) is 0.642. The number of piperidine rings is 1. The lowest BCUT2D eigenvalue weighted by atomic mass is 9.97. The van der Waals surface area contributed by atoms with E-state index in [1.54, 1.807) is 11.3 Å². The molecule has 0 aliphatic carbocycles. The second-order valence-electron chi connectivity index (χ2n) is 5.29. The van der Waals surface area contributed by atoms with Gasteiger partial charge in [0.1, 0.15) is 0 Å². The van der Waals surface area contributed by atoms with Gasteiger partial charge in [0.25, 0.3) is 0 Å². The summed E-state index contributed by atoms with van der Waals surface area (Å²) >= 11 is 7.73. The number of benzene rings is 1. The zero-order valence-electron chi connectivity index (χ0n) is 11.7. The van der Waals surface area contributed by atoms with Crippen molar-refractivity contribution in [2.24, 2.45) is 0 Å². The van der Waals surface area contributed by atoms with Crippen LogP contribution >= 0.6 is 22.9 Å². The highest BCUT2D eigenvalue weighted by Crippen LogP contribution is 2.33. The standard InChI is InChI=1S/C16H19ClN2S/c1-2-19-9-7-13(8-10-19)16-18-15(11-20-16)12-3-5-14(17)6-4-12/h3-6,11,13H,2,7-10H2,1H3. The van der Waals surface area contributed by atoms with Gasteiger partial charge in [0.05, 0.1) is 10.7 Å². The largest absolute Gasteiger partial charge is 0.304 e. The van der Waals surface area contributed by atoms with E-state index in [-0.39, 0.29) is 0 Å². The SMILES string of the molecule is CCN1CCC(c2nc(-c3ccc(Cl)cc3)cs2)CC1. The van der Waals surface area contributed by atoms with Crippen LogP contribution in [0.5, 0.6) is 0 Å². The average molecular weight is 307 g/mol. The first-order valence-corrected chi connectivity index (χ1v) is 8.45. The van der Waals surface area contributed by atoms with Gasteiger partial charge in [0, 0.05) is 21.9 Å². The third-order valence-electron chi connectivity index (χ3n) is 4.05. The molecule has 1 saturated heterocycles. The van der Waals surface area contributed by atoms with Gasteiger partial charge < -0.3 is 4.90 Å². The minimum absolute atomic E-state index is 0.642. The van der Waals surface area contributed by atoms with Crippen LogP contribution in [0.15, 0.2) is 29.6 Å². The second kappa shape index (κ2) is 6.25. The van der Waals surface area contributed by atoms with Crippen molar-refractivity contribution in [3.8, 4) is 11.3 Å². The van der Waals surface area contributed by atoms with Crippen LogP contribution in [0.25, 0.3) is 11.3 Å². The number of hydrogen-bond acceptors (Lipinski definition) is 3. The Morgan fingerprint density at radius 3 is 2.60 bits per heavy atom. The number of halogens is 1. The lowest BCUT2D eigenvalue weighted by Gasteiger charge is -2.29. The van der Waals surface area contributed by atoms with E-state index in [1.165, 1.54) is 37.5 Å². The molecule has 1 aromatic heterocycles. The normalized spacial score (nSPS) is 17.5. The highest BCUT2D eigenvalue weighted by Gasteiger charge is 2.22. The van der Waals surface area contributed by atoms with Crippen LogP contribution in [0.2, 0.25) is 5.02 Å². The number of nitrogens with zero attached hydrogens (tertiary/aromatic N) is 2. The Morgan fingerprint density at radius 1 is 1.25 bits per heavy atom. The summed E-state index contributed by atoms with van der Waals surface area (Å²) in [5, 5.41) is 4.24. The van der Waals surface area contributed by atoms with Gasteiger partial charge in [-0.05, 0) is 44.6 Å². The molecule has 2 nitrogen and oxygen atoms in total. The van der Waals surface area contributed by atoms with Crippen molar-refractivity contribution in [1.82, 2.24) is 9.88 Å².